The lowest BCUT2D eigenvalue weighted by Crippen LogP contribution is -2.22. The van der Waals surface area contributed by atoms with Crippen LogP contribution in [0, 0.1) is 11.6 Å². The molecule has 0 radical (unpaired) electrons. The molecule has 1 N–H and O–H groups in total. The van der Waals surface area contributed by atoms with E-state index < -0.39 is 11.6 Å². The first kappa shape index (κ1) is 12.7. The quantitative estimate of drug-likeness (QED) is 0.905. The first-order chi connectivity index (χ1) is 8.58. The van der Waals surface area contributed by atoms with E-state index in [-0.39, 0.29) is 5.69 Å². The molecule has 0 amide bonds. The summed E-state index contributed by atoms with van der Waals surface area (Å²) < 4.78 is 28.3. The van der Waals surface area contributed by atoms with Crippen LogP contribution in [0.5, 0.6) is 0 Å². The van der Waals surface area contributed by atoms with Gasteiger partial charge in [-0.2, -0.15) is 5.10 Å². The van der Waals surface area contributed by atoms with Crippen LogP contribution in [0.2, 0.25) is 0 Å². The van der Waals surface area contributed by atoms with Gasteiger partial charge in [-0.15, -0.1) is 0 Å². The maximum absolute atomic E-state index is 13.5. The molecule has 0 aliphatic rings. The third kappa shape index (κ3) is 2.73. The van der Waals surface area contributed by atoms with E-state index in [1.807, 2.05) is 13.8 Å². The summed E-state index contributed by atoms with van der Waals surface area (Å²) in [6, 6.07) is 5.83. The molecule has 96 valence electrons. The third-order valence-electron chi connectivity index (χ3n) is 2.50. The Morgan fingerprint density at radius 1 is 1.22 bits per heavy atom. The van der Waals surface area contributed by atoms with Crippen LogP contribution >= 0.6 is 0 Å². The van der Waals surface area contributed by atoms with Gasteiger partial charge < -0.3 is 5.32 Å². The highest BCUT2D eigenvalue weighted by Crippen LogP contribution is 2.16. The van der Waals surface area contributed by atoms with E-state index in [1.54, 1.807) is 12.3 Å². The molecule has 0 spiro atoms. The fourth-order valence-corrected chi connectivity index (χ4v) is 1.60. The number of benzene rings is 1. The first-order valence-corrected chi connectivity index (χ1v) is 5.80. The average molecular weight is 251 g/mol. The summed E-state index contributed by atoms with van der Waals surface area (Å²) in [6.45, 7) is 4.61. The molecular weight excluding hydrogens is 236 g/mol. The van der Waals surface area contributed by atoms with Crippen molar-refractivity contribution in [2.24, 2.45) is 0 Å². The number of hydrogen-bond acceptors (Lipinski definition) is 2. The minimum absolute atomic E-state index is 0.145. The molecule has 0 unspecified atom stereocenters. The zero-order valence-electron chi connectivity index (χ0n) is 10.3. The molecule has 0 fully saturated rings. The lowest BCUT2D eigenvalue weighted by atomic mass is 10.3. The van der Waals surface area contributed by atoms with Gasteiger partial charge in [0.15, 0.2) is 11.6 Å². The molecule has 0 aliphatic carbocycles. The van der Waals surface area contributed by atoms with Gasteiger partial charge >= 0.3 is 0 Å². The number of nitrogens with zero attached hydrogens (tertiary/aromatic N) is 2. The zero-order valence-corrected chi connectivity index (χ0v) is 10.3. The van der Waals surface area contributed by atoms with Gasteiger partial charge in [0.1, 0.15) is 5.69 Å². The minimum Gasteiger partial charge on any atom is -0.309 e. The van der Waals surface area contributed by atoms with Crippen LogP contribution in [0.25, 0.3) is 5.69 Å². The fraction of sp³-hybridized carbons (Fsp3) is 0.308. The Morgan fingerprint density at radius 2 is 1.89 bits per heavy atom. The monoisotopic (exact) mass is 251 g/mol. The molecule has 0 aliphatic heterocycles. The number of nitrogens with one attached hydrogen (secondary N) is 1. The molecule has 2 aromatic rings. The number of hydrogen-bond donors (Lipinski definition) is 1. The van der Waals surface area contributed by atoms with Crippen LogP contribution in [0.1, 0.15) is 19.5 Å². The Bertz CT molecular complexity index is 515. The van der Waals surface area contributed by atoms with Crippen molar-refractivity contribution in [3.8, 4) is 5.69 Å². The van der Waals surface area contributed by atoms with Gasteiger partial charge in [0, 0.05) is 18.8 Å². The molecule has 0 saturated heterocycles. The summed E-state index contributed by atoms with van der Waals surface area (Å²) >= 11 is 0. The summed E-state index contributed by atoms with van der Waals surface area (Å²) in [5.74, 6) is -1.25. The van der Waals surface area contributed by atoms with Gasteiger partial charge in [-0.25, -0.2) is 13.5 Å². The van der Waals surface area contributed by atoms with E-state index in [0.29, 0.717) is 12.6 Å². The summed E-state index contributed by atoms with van der Waals surface area (Å²) in [7, 11) is 0. The highest BCUT2D eigenvalue weighted by Gasteiger charge is 2.11. The highest BCUT2D eigenvalue weighted by molar-refractivity contribution is 5.34. The first-order valence-electron chi connectivity index (χ1n) is 5.80. The van der Waals surface area contributed by atoms with E-state index in [0.717, 1.165) is 5.69 Å². The number of aromatic nitrogens is 2. The van der Waals surface area contributed by atoms with Gasteiger partial charge in [-0.05, 0) is 18.2 Å². The topological polar surface area (TPSA) is 29.9 Å². The van der Waals surface area contributed by atoms with Crippen LogP contribution in [0.3, 0.4) is 0 Å². The Labute approximate surface area is 104 Å². The fourth-order valence-electron chi connectivity index (χ4n) is 1.60. The number of halogens is 2. The Kier molecular flexibility index (Phi) is 3.72. The van der Waals surface area contributed by atoms with Crippen molar-refractivity contribution in [1.82, 2.24) is 15.1 Å². The second kappa shape index (κ2) is 5.27. The second-order valence-corrected chi connectivity index (χ2v) is 4.36. The van der Waals surface area contributed by atoms with Crippen molar-refractivity contribution in [2.75, 3.05) is 0 Å². The van der Waals surface area contributed by atoms with Gasteiger partial charge in [0.2, 0.25) is 0 Å². The highest BCUT2D eigenvalue weighted by atomic mass is 19.1. The van der Waals surface area contributed by atoms with Crippen molar-refractivity contribution >= 4 is 0 Å². The number of para-hydroxylation sites is 1. The van der Waals surface area contributed by atoms with Crippen LogP contribution in [-0.4, -0.2) is 15.8 Å². The predicted octanol–water partition coefficient (Wildman–Crippen LogP) is 2.65. The molecule has 2 rings (SSSR count). The molecule has 0 atom stereocenters. The Hall–Kier alpha value is -1.75. The maximum Gasteiger partial charge on any atom is 0.151 e. The van der Waals surface area contributed by atoms with Crippen LogP contribution in [-0.2, 0) is 6.54 Å². The summed E-state index contributed by atoms with van der Waals surface area (Å²) in [5, 5.41) is 7.34. The summed E-state index contributed by atoms with van der Waals surface area (Å²) in [5.41, 5.74) is 0.597. The van der Waals surface area contributed by atoms with Crippen LogP contribution in [0.4, 0.5) is 8.78 Å². The van der Waals surface area contributed by atoms with Crippen molar-refractivity contribution in [1.29, 1.82) is 0 Å². The average Bonchev–Trinajstić information content (AvgIpc) is 2.75. The van der Waals surface area contributed by atoms with E-state index >= 15 is 0 Å². The van der Waals surface area contributed by atoms with Crippen LogP contribution in [0.15, 0.2) is 30.5 Å². The molecular formula is C13H15F2N3. The van der Waals surface area contributed by atoms with E-state index in [2.05, 4.69) is 10.4 Å². The largest absolute Gasteiger partial charge is 0.309 e. The van der Waals surface area contributed by atoms with Crippen molar-refractivity contribution in [3.05, 3.63) is 47.8 Å². The van der Waals surface area contributed by atoms with Gasteiger partial charge in [-0.1, -0.05) is 19.9 Å². The minimum atomic E-state index is -0.624. The lowest BCUT2D eigenvalue weighted by Gasteiger charge is -2.06. The van der Waals surface area contributed by atoms with Crippen molar-refractivity contribution in [3.63, 3.8) is 0 Å². The van der Waals surface area contributed by atoms with E-state index in [9.17, 15) is 8.78 Å². The smallest absolute Gasteiger partial charge is 0.151 e. The van der Waals surface area contributed by atoms with Gasteiger partial charge in [0.05, 0.1) is 5.69 Å². The molecule has 3 nitrogen and oxygen atoms in total. The lowest BCUT2D eigenvalue weighted by molar-refractivity contribution is 0.552. The van der Waals surface area contributed by atoms with Gasteiger partial charge in [-0.3, -0.25) is 0 Å². The molecule has 1 heterocycles. The van der Waals surface area contributed by atoms with Crippen molar-refractivity contribution < 1.29 is 8.78 Å². The standard InChI is InChI=1S/C13H15F2N3/c1-9(2)16-8-10-6-7-18(17-10)13-11(14)4-3-5-12(13)15/h3-7,9,16H,8H2,1-2H3. The molecule has 5 heteroatoms. The normalized spacial score (nSPS) is 11.2. The zero-order chi connectivity index (χ0) is 13.1. The SMILES string of the molecule is CC(C)NCc1ccn(-c2c(F)cccc2F)n1. The molecule has 18 heavy (non-hydrogen) atoms. The Morgan fingerprint density at radius 3 is 2.50 bits per heavy atom. The molecule has 0 saturated carbocycles. The van der Waals surface area contributed by atoms with E-state index in [1.165, 1.54) is 22.9 Å². The predicted molar refractivity (Wildman–Crippen MR) is 65.5 cm³/mol. The second-order valence-electron chi connectivity index (χ2n) is 4.36. The summed E-state index contributed by atoms with van der Waals surface area (Å²) in [6.07, 6.45) is 1.55. The molecule has 1 aromatic heterocycles. The van der Waals surface area contributed by atoms with Crippen molar-refractivity contribution in [2.45, 2.75) is 26.4 Å². The molecule has 1 aromatic carbocycles. The summed E-state index contributed by atoms with van der Waals surface area (Å²) in [4.78, 5) is 0. The molecule has 0 bridgehead atoms. The maximum atomic E-state index is 13.5. The van der Waals surface area contributed by atoms with Crippen LogP contribution < -0.4 is 5.32 Å². The third-order valence-corrected chi connectivity index (χ3v) is 2.50. The van der Waals surface area contributed by atoms with Gasteiger partial charge in [0.25, 0.3) is 0 Å². The Balaban J connectivity index is 2.24. The number of rotatable bonds is 4. The van der Waals surface area contributed by atoms with E-state index in [4.69, 9.17) is 0 Å².